The fraction of sp³-hybridized carbons (Fsp3) is 0.167. The van der Waals surface area contributed by atoms with E-state index in [0.29, 0.717) is 5.82 Å². The van der Waals surface area contributed by atoms with Crippen molar-refractivity contribution in [1.82, 2.24) is 20.2 Å². The fourth-order valence-electron chi connectivity index (χ4n) is 1.93. The van der Waals surface area contributed by atoms with E-state index in [9.17, 15) is 4.79 Å². The van der Waals surface area contributed by atoms with Crippen LogP contribution in [0.4, 0.5) is 0 Å². The summed E-state index contributed by atoms with van der Waals surface area (Å²) in [5.41, 5.74) is 1.88. The molecule has 1 N–H and O–H groups in total. The molecule has 6 nitrogen and oxygen atoms in total. The first kappa shape index (κ1) is 11.8. The van der Waals surface area contributed by atoms with E-state index in [2.05, 4.69) is 15.5 Å². The van der Waals surface area contributed by atoms with Gasteiger partial charge in [0.05, 0.1) is 0 Å². The molecule has 0 saturated carbocycles. The van der Waals surface area contributed by atoms with Crippen molar-refractivity contribution in [3.05, 3.63) is 29.6 Å². The summed E-state index contributed by atoms with van der Waals surface area (Å²) in [7, 11) is 0. The van der Waals surface area contributed by atoms with Gasteiger partial charge in [-0.15, -0.1) is 16.4 Å². The Kier molecular flexibility index (Phi) is 2.75. The summed E-state index contributed by atoms with van der Waals surface area (Å²) in [6, 6.07) is 7.02. The highest BCUT2D eigenvalue weighted by molar-refractivity contribution is 7.13. The Morgan fingerprint density at radius 1 is 1.37 bits per heavy atom. The zero-order valence-corrected chi connectivity index (χ0v) is 10.8. The third kappa shape index (κ3) is 1.88. The van der Waals surface area contributed by atoms with Crippen LogP contribution in [0.1, 0.15) is 13.0 Å². The lowest BCUT2D eigenvalue weighted by atomic mass is 10.1. The first-order valence-corrected chi connectivity index (χ1v) is 6.53. The SMILES string of the molecule is CC(C(=O)O)n1nnnc1-c1ccc2scccc1-2. The lowest BCUT2D eigenvalue weighted by Gasteiger charge is -2.09. The third-order valence-electron chi connectivity index (χ3n) is 2.95. The lowest BCUT2D eigenvalue weighted by molar-refractivity contribution is -0.140. The Bertz CT molecular complexity index is 705. The molecule has 2 heterocycles. The van der Waals surface area contributed by atoms with Crippen molar-refractivity contribution in [2.45, 2.75) is 13.0 Å². The zero-order chi connectivity index (χ0) is 13.4. The molecule has 1 aromatic rings. The Balaban J connectivity index is 2.13. The molecule has 0 bridgehead atoms. The molecule has 0 aromatic carbocycles. The normalized spacial score (nSPS) is 12.7. The summed E-state index contributed by atoms with van der Waals surface area (Å²) < 4.78 is 1.33. The molecule has 0 spiro atoms. The van der Waals surface area contributed by atoms with E-state index in [1.54, 1.807) is 18.3 Å². The summed E-state index contributed by atoms with van der Waals surface area (Å²) in [4.78, 5) is 12.2. The second-order valence-electron chi connectivity index (χ2n) is 4.10. The van der Waals surface area contributed by atoms with E-state index >= 15 is 0 Å². The molecule has 1 atom stereocenters. The van der Waals surface area contributed by atoms with Gasteiger partial charge in [-0.1, -0.05) is 12.1 Å². The Hall–Kier alpha value is -2.28. The van der Waals surface area contributed by atoms with Gasteiger partial charge in [0, 0.05) is 16.0 Å². The maximum atomic E-state index is 11.1. The average Bonchev–Trinajstić information content (AvgIpc) is 3.03. The number of rotatable bonds is 3. The highest BCUT2D eigenvalue weighted by atomic mass is 32.1. The molecule has 2 aliphatic rings. The van der Waals surface area contributed by atoms with Crippen LogP contribution in [-0.4, -0.2) is 31.3 Å². The molecule has 96 valence electrons. The van der Waals surface area contributed by atoms with Gasteiger partial charge in [0.25, 0.3) is 0 Å². The molecule has 0 radical (unpaired) electrons. The number of carboxylic acid groups (broad SMARTS) is 1. The minimum atomic E-state index is -0.966. The first-order chi connectivity index (χ1) is 9.18. The van der Waals surface area contributed by atoms with Gasteiger partial charge in [-0.3, -0.25) is 0 Å². The molecule has 1 aromatic heterocycles. The standard InChI is InChI=1S/C12H10N4O2S/c1-7(12(17)18)16-11(13-14-15-16)9-4-5-10-8(9)3-2-6-19-10/h2-7H,1H3,(H,17,18). The summed E-state index contributed by atoms with van der Waals surface area (Å²) in [6.07, 6.45) is 0. The van der Waals surface area contributed by atoms with E-state index < -0.39 is 12.0 Å². The Labute approximate surface area is 112 Å². The molecule has 1 aliphatic carbocycles. The monoisotopic (exact) mass is 274 g/mol. The van der Waals surface area contributed by atoms with E-state index in [-0.39, 0.29) is 0 Å². The summed E-state index contributed by atoms with van der Waals surface area (Å²) in [5.74, 6) is -0.490. The smallest absolute Gasteiger partial charge is 0.328 e. The first-order valence-electron chi connectivity index (χ1n) is 5.66. The van der Waals surface area contributed by atoms with Gasteiger partial charge in [-0.05, 0) is 34.9 Å². The predicted octanol–water partition coefficient (Wildman–Crippen LogP) is 2.15. The molecule has 0 amide bonds. The Morgan fingerprint density at radius 2 is 2.21 bits per heavy atom. The lowest BCUT2D eigenvalue weighted by Crippen LogP contribution is -2.18. The molecule has 1 aliphatic heterocycles. The minimum absolute atomic E-state index is 0.475. The molecule has 0 saturated heterocycles. The van der Waals surface area contributed by atoms with Gasteiger partial charge in [0.1, 0.15) is 0 Å². The Morgan fingerprint density at radius 3 is 3.00 bits per heavy atom. The quantitative estimate of drug-likeness (QED) is 0.791. The molecule has 1 unspecified atom stereocenters. The summed E-state index contributed by atoms with van der Waals surface area (Å²) in [6.45, 7) is 1.55. The van der Waals surface area contributed by atoms with Crippen LogP contribution in [0.3, 0.4) is 0 Å². The van der Waals surface area contributed by atoms with E-state index in [1.807, 2.05) is 29.6 Å². The number of nitrogens with zero attached hydrogens (tertiary/aromatic N) is 4. The number of carbonyl (C=O) groups is 1. The van der Waals surface area contributed by atoms with Crippen molar-refractivity contribution in [3.8, 4) is 21.8 Å². The number of carboxylic acids is 1. The van der Waals surface area contributed by atoms with Crippen LogP contribution in [0.2, 0.25) is 0 Å². The third-order valence-corrected chi connectivity index (χ3v) is 3.85. The molecule has 7 heteroatoms. The van der Waals surface area contributed by atoms with E-state index in [4.69, 9.17) is 5.11 Å². The van der Waals surface area contributed by atoms with Crippen LogP contribution in [0.15, 0.2) is 29.6 Å². The van der Waals surface area contributed by atoms with Gasteiger partial charge >= 0.3 is 5.97 Å². The van der Waals surface area contributed by atoms with Crippen molar-refractivity contribution >= 4 is 17.3 Å². The van der Waals surface area contributed by atoms with Crippen molar-refractivity contribution in [2.24, 2.45) is 0 Å². The second-order valence-corrected chi connectivity index (χ2v) is 5.05. The highest BCUT2D eigenvalue weighted by Crippen LogP contribution is 2.37. The van der Waals surface area contributed by atoms with Crippen molar-refractivity contribution in [2.75, 3.05) is 0 Å². The number of hydrogen-bond donors (Lipinski definition) is 1. The van der Waals surface area contributed by atoms with Gasteiger partial charge in [0.2, 0.25) is 0 Å². The average molecular weight is 274 g/mol. The topological polar surface area (TPSA) is 80.9 Å². The summed E-state index contributed by atoms with van der Waals surface area (Å²) >= 11 is 1.62. The number of fused-ring (bicyclic) bond motifs is 1. The van der Waals surface area contributed by atoms with Crippen molar-refractivity contribution in [3.63, 3.8) is 0 Å². The van der Waals surface area contributed by atoms with Crippen LogP contribution >= 0.6 is 11.3 Å². The van der Waals surface area contributed by atoms with Gasteiger partial charge < -0.3 is 5.11 Å². The number of tetrazole rings is 1. The molecule has 0 fully saturated rings. The minimum Gasteiger partial charge on any atom is -0.480 e. The van der Waals surface area contributed by atoms with Gasteiger partial charge in [0.15, 0.2) is 11.9 Å². The fourth-order valence-corrected chi connectivity index (χ4v) is 2.68. The molecular formula is C12H10N4O2S. The van der Waals surface area contributed by atoms with E-state index in [0.717, 1.165) is 16.0 Å². The van der Waals surface area contributed by atoms with Gasteiger partial charge in [-0.2, -0.15) is 0 Å². The zero-order valence-electron chi connectivity index (χ0n) is 10.0. The van der Waals surface area contributed by atoms with Crippen LogP contribution in [0.5, 0.6) is 0 Å². The maximum Gasteiger partial charge on any atom is 0.328 e. The number of hydrogen-bond acceptors (Lipinski definition) is 5. The number of aromatic nitrogens is 4. The van der Waals surface area contributed by atoms with Crippen LogP contribution in [0.25, 0.3) is 21.8 Å². The van der Waals surface area contributed by atoms with E-state index in [1.165, 1.54) is 4.68 Å². The maximum absolute atomic E-state index is 11.1. The second kappa shape index (κ2) is 4.43. The molecule has 19 heavy (non-hydrogen) atoms. The van der Waals surface area contributed by atoms with Crippen molar-refractivity contribution in [1.29, 1.82) is 0 Å². The summed E-state index contributed by atoms with van der Waals surface area (Å²) in [5, 5.41) is 22.4. The highest BCUT2D eigenvalue weighted by Gasteiger charge is 2.23. The van der Waals surface area contributed by atoms with Crippen LogP contribution in [-0.2, 0) is 4.79 Å². The largest absolute Gasteiger partial charge is 0.480 e. The van der Waals surface area contributed by atoms with Crippen LogP contribution in [0, 0.1) is 0 Å². The van der Waals surface area contributed by atoms with Crippen LogP contribution < -0.4 is 0 Å². The number of aliphatic carboxylic acids is 1. The predicted molar refractivity (Wildman–Crippen MR) is 70.1 cm³/mol. The molecule has 3 rings (SSSR count). The molecular weight excluding hydrogens is 264 g/mol. The van der Waals surface area contributed by atoms with Crippen molar-refractivity contribution < 1.29 is 9.90 Å². The van der Waals surface area contributed by atoms with Gasteiger partial charge in [-0.25, -0.2) is 9.48 Å².